The topological polar surface area (TPSA) is 61.1 Å². The Kier molecular flexibility index (Phi) is 3.49. The number of fused-ring (bicyclic) bond motifs is 5. The fraction of sp³-hybridized carbons (Fsp3) is 0.619. The largest absolute Gasteiger partial charge is 0.478 e. The van der Waals surface area contributed by atoms with E-state index >= 15 is 0 Å². The van der Waals surface area contributed by atoms with Crippen LogP contribution in [0.4, 0.5) is 0 Å². The van der Waals surface area contributed by atoms with Crippen molar-refractivity contribution in [2.24, 2.45) is 23.2 Å². The third-order valence-electron chi connectivity index (χ3n) is 7.43. The summed E-state index contributed by atoms with van der Waals surface area (Å²) in [5.74, 6) is 1.29. The number of aryl methyl sites for hydroxylation is 2. The second-order valence-corrected chi connectivity index (χ2v) is 8.39. The molecule has 0 unspecified atom stereocenters. The first-order valence-corrected chi connectivity index (χ1v) is 9.22. The van der Waals surface area contributed by atoms with Gasteiger partial charge < -0.3 is 5.11 Å². The van der Waals surface area contributed by atoms with Crippen molar-refractivity contribution in [3.05, 3.63) is 34.4 Å². The maximum Gasteiger partial charge on any atom is 0.335 e. The summed E-state index contributed by atoms with van der Waals surface area (Å²) >= 11 is 0. The number of carbonyl (C=O) groups is 1. The number of carboxylic acid groups (broad SMARTS) is 1. The summed E-state index contributed by atoms with van der Waals surface area (Å²) in [6.45, 7) is 4.43. The molecule has 0 saturated heterocycles. The van der Waals surface area contributed by atoms with Gasteiger partial charge in [-0.1, -0.05) is 6.92 Å². The predicted molar refractivity (Wildman–Crippen MR) is 91.9 cm³/mol. The van der Waals surface area contributed by atoms with E-state index in [1.54, 1.807) is 0 Å². The van der Waals surface area contributed by atoms with E-state index in [1.807, 2.05) is 12.1 Å². The maximum atomic E-state index is 11.4. The normalized spacial score (nSPS) is 37.0. The number of nitriles is 1. The van der Waals surface area contributed by atoms with Crippen LogP contribution in [-0.2, 0) is 6.42 Å². The Morgan fingerprint density at radius 1 is 1.29 bits per heavy atom. The molecule has 0 aromatic heterocycles. The summed E-state index contributed by atoms with van der Waals surface area (Å²) in [5, 5.41) is 18.9. The van der Waals surface area contributed by atoms with Crippen molar-refractivity contribution in [2.45, 2.75) is 58.3 Å². The average Bonchev–Trinajstić information content (AvgIpc) is 2.90. The predicted octanol–water partition coefficient (Wildman–Crippen LogP) is 4.69. The average molecular weight is 323 g/mol. The number of aromatic carboxylic acids is 1. The van der Waals surface area contributed by atoms with Crippen LogP contribution < -0.4 is 0 Å². The molecule has 0 radical (unpaired) electrons. The summed E-state index contributed by atoms with van der Waals surface area (Å²) in [7, 11) is 0. The van der Waals surface area contributed by atoms with Gasteiger partial charge >= 0.3 is 5.97 Å². The van der Waals surface area contributed by atoms with Crippen LogP contribution in [-0.4, -0.2) is 11.1 Å². The van der Waals surface area contributed by atoms with E-state index in [0.717, 1.165) is 37.7 Å². The molecule has 2 fully saturated rings. The van der Waals surface area contributed by atoms with Crippen LogP contribution in [0.5, 0.6) is 0 Å². The van der Waals surface area contributed by atoms with Gasteiger partial charge in [-0.3, -0.25) is 0 Å². The number of nitrogens with zero attached hydrogens (tertiary/aromatic N) is 1. The molecular weight excluding hydrogens is 298 g/mol. The second kappa shape index (κ2) is 5.34. The fourth-order valence-corrected chi connectivity index (χ4v) is 6.32. The van der Waals surface area contributed by atoms with Gasteiger partial charge in [-0.15, -0.1) is 0 Å². The summed E-state index contributed by atoms with van der Waals surface area (Å²) in [5.41, 5.74) is 4.46. The molecule has 3 heteroatoms. The van der Waals surface area contributed by atoms with Crippen molar-refractivity contribution >= 4 is 5.97 Å². The monoisotopic (exact) mass is 323 g/mol. The highest BCUT2D eigenvalue weighted by Crippen LogP contribution is 2.63. The molecule has 0 bridgehead atoms. The Balaban J connectivity index is 1.73. The Bertz CT molecular complexity index is 747. The number of rotatable bonds is 1. The quantitative estimate of drug-likeness (QED) is 0.815. The molecule has 5 atom stereocenters. The van der Waals surface area contributed by atoms with Gasteiger partial charge in [-0.25, -0.2) is 4.79 Å². The molecule has 1 aromatic carbocycles. The SMILES string of the molecule is Cc1cc(C(=O)O)cc2c1[C@H]1CC[C@]3(C)[C@@H](C#N)CC[C@H]3[C@@H]1CC2. The van der Waals surface area contributed by atoms with Gasteiger partial charge in [0.05, 0.1) is 17.6 Å². The van der Waals surface area contributed by atoms with Crippen molar-refractivity contribution in [3.8, 4) is 6.07 Å². The van der Waals surface area contributed by atoms with E-state index in [9.17, 15) is 15.2 Å². The zero-order valence-corrected chi connectivity index (χ0v) is 14.5. The highest BCUT2D eigenvalue weighted by Gasteiger charge is 2.55. The van der Waals surface area contributed by atoms with E-state index in [2.05, 4.69) is 19.9 Å². The zero-order chi connectivity index (χ0) is 17.1. The number of carboxylic acids is 1. The number of hydrogen-bond donors (Lipinski definition) is 1. The highest BCUT2D eigenvalue weighted by atomic mass is 16.4. The van der Waals surface area contributed by atoms with Crippen molar-refractivity contribution in [1.82, 2.24) is 0 Å². The lowest BCUT2D eigenvalue weighted by molar-refractivity contribution is 0.0425. The van der Waals surface area contributed by atoms with Gasteiger partial charge in [0.1, 0.15) is 0 Å². The van der Waals surface area contributed by atoms with Gasteiger partial charge in [0.2, 0.25) is 0 Å². The molecule has 0 aliphatic heterocycles. The lowest BCUT2D eigenvalue weighted by atomic mass is 9.54. The molecular formula is C21H25NO2. The molecule has 2 saturated carbocycles. The van der Waals surface area contributed by atoms with Crippen LogP contribution >= 0.6 is 0 Å². The minimum absolute atomic E-state index is 0.197. The molecule has 0 heterocycles. The number of benzene rings is 1. The minimum Gasteiger partial charge on any atom is -0.478 e. The van der Waals surface area contributed by atoms with E-state index in [1.165, 1.54) is 17.5 Å². The van der Waals surface area contributed by atoms with Crippen LogP contribution in [0.1, 0.15) is 72.0 Å². The molecule has 3 aliphatic rings. The smallest absolute Gasteiger partial charge is 0.335 e. The lowest BCUT2D eigenvalue weighted by Gasteiger charge is -2.50. The Labute approximate surface area is 143 Å². The molecule has 0 amide bonds. The molecule has 0 spiro atoms. The van der Waals surface area contributed by atoms with Crippen LogP contribution in [0.3, 0.4) is 0 Å². The third-order valence-corrected chi connectivity index (χ3v) is 7.43. The second-order valence-electron chi connectivity index (χ2n) is 8.39. The third kappa shape index (κ3) is 2.05. The van der Waals surface area contributed by atoms with E-state index in [4.69, 9.17) is 0 Å². The first-order valence-electron chi connectivity index (χ1n) is 9.22. The molecule has 24 heavy (non-hydrogen) atoms. The molecule has 126 valence electrons. The summed E-state index contributed by atoms with van der Waals surface area (Å²) in [4.78, 5) is 11.4. The van der Waals surface area contributed by atoms with Crippen LogP contribution in [0.25, 0.3) is 0 Å². The van der Waals surface area contributed by atoms with Gasteiger partial charge in [-0.2, -0.15) is 5.26 Å². The Hall–Kier alpha value is -1.82. The van der Waals surface area contributed by atoms with Crippen molar-refractivity contribution in [3.63, 3.8) is 0 Å². The van der Waals surface area contributed by atoms with Gasteiger partial charge in [0.25, 0.3) is 0 Å². The van der Waals surface area contributed by atoms with Gasteiger partial charge in [-0.05, 0) is 97.4 Å². The lowest BCUT2D eigenvalue weighted by Crippen LogP contribution is -2.42. The first kappa shape index (κ1) is 15.7. The van der Waals surface area contributed by atoms with Crippen molar-refractivity contribution < 1.29 is 9.90 Å². The van der Waals surface area contributed by atoms with Crippen LogP contribution in [0.2, 0.25) is 0 Å². The zero-order valence-electron chi connectivity index (χ0n) is 14.5. The fourth-order valence-electron chi connectivity index (χ4n) is 6.32. The Morgan fingerprint density at radius 2 is 2.08 bits per heavy atom. The molecule has 1 N–H and O–H groups in total. The van der Waals surface area contributed by atoms with Crippen molar-refractivity contribution in [2.75, 3.05) is 0 Å². The Morgan fingerprint density at radius 3 is 2.79 bits per heavy atom. The minimum atomic E-state index is -0.827. The summed E-state index contributed by atoms with van der Waals surface area (Å²) in [6, 6.07) is 6.34. The molecule has 4 rings (SSSR count). The van der Waals surface area contributed by atoms with E-state index in [-0.39, 0.29) is 11.3 Å². The highest BCUT2D eigenvalue weighted by molar-refractivity contribution is 5.88. The molecule has 3 nitrogen and oxygen atoms in total. The standard InChI is InChI=1S/C21H25NO2/c1-12-9-14(20(23)24)10-13-3-5-16-17(19(12)13)7-8-21(2)15(11-22)4-6-18(16)21/h9-10,15-18H,3-8H2,1-2H3,(H,23,24)/t15-,16-,17+,18+,21-/m1/s1. The van der Waals surface area contributed by atoms with Crippen LogP contribution in [0, 0.1) is 41.4 Å². The van der Waals surface area contributed by atoms with Gasteiger partial charge in [0, 0.05) is 0 Å². The molecule has 1 aromatic rings. The van der Waals surface area contributed by atoms with Gasteiger partial charge in [0.15, 0.2) is 0 Å². The first-order chi connectivity index (χ1) is 11.5. The molecule has 3 aliphatic carbocycles. The summed E-state index contributed by atoms with van der Waals surface area (Å²) in [6.07, 6.45) is 6.68. The van der Waals surface area contributed by atoms with Crippen LogP contribution in [0.15, 0.2) is 12.1 Å². The van der Waals surface area contributed by atoms with E-state index in [0.29, 0.717) is 23.3 Å². The summed E-state index contributed by atoms with van der Waals surface area (Å²) < 4.78 is 0. The van der Waals surface area contributed by atoms with Crippen molar-refractivity contribution in [1.29, 1.82) is 5.26 Å². The number of hydrogen-bond acceptors (Lipinski definition) is 2. The van der Waals surface area contributed by atoms with E-state index < -0.39 is 5.97 Å². The maximum absolute atomic E-state index is 11.4.